The third-order valence-corrected chi connectivity index (χ3v) is 6.12. The number of carboxylic acid groups (broad SMARTS) is 1. The molecule has 6 rings (SSSR count). The summed E-state index contributed by atoms with van der Waals surface area (Å²) < 4.78 is 13.6. The number of hydrogen-bond donors (Lipinski definition) is 3. The highest BCUT2D eigenvalue weighted by atomic mass is 19.1. The van der Waals surface area contributed by atoms with Crippen LogP contribution in [0.3, 0.4) is 0 Å². The minimum absolute atomic E-state index is 0.170. The van der Waals surface area contributed by atoms with E-state index in [2.05, 4.69) is 30.5 Å². The third kappa shape index (κ3) is 2.78. The average Bonchev–Trinajstić information content (AvgIpc) is 3.12. The summed E-state index contributed by atoms with van der Waals surface area (Å²) in [4.78, 5) is 23.3. The molecular weight excluding hydrogens is 363 g/mol. The number of carbonyl (C=O) groups is 1. The highest BCUT2D eigenvalue weighted by molar-refractivity contribution is 5.91. The van der Waals surface area contributed by atoms with Crippen molar-refractivity contribution in [2.75, 3.05) is 5.32 Å². The van der Waals surface area contributed by atoms with Crippen molar-refractivity contribution in [3.8, 4) is 11.4 Å². The normalized spacial score (nSPS) is 26.5. The van der Waals surface area contributed by atoms with E-state index in [4.69, 9.17) is 0 Å². The van der Waals surface area contributed by atoms with Gasteiger partial charge in [-0.1, -0.05) is 0 Å². The number of pyridine rings is 1. The number of anilines is 1. The molecule has 3 N–H and O–H groups in total. The van der Waals surface area contributed by atoms with Gasteiger partial charge in [-0.25, -0.2) is 14.4 Å². The summed E-state index contributed by atoms with van der Waals surface area (Å²) in [5, 5.41) is 21.7. The van der Waals surface area contributed by atoms with Crippen LogP contribution in [0.1, 0.15) is 25.7 Å². The molecule has 0 aliphatic heterocycles. The number of aromatic nitrogens is 5. The molecule has 3 saturated carbocycles. The number of fused-ring (bicyclic) bond motifs is 4. The maximum Gasteiger partial charge on any atom is 0.308 e. The molecule has 8 nitrogen and oxygen atoms in total. The molecule has 28 heavy (non-hydrogen) atoms. The Labute approximate surface area is 159 Å². The van der Waals surface area contributed by atoms with Crippen LogP contribution in [0, 0.1) is 23.6 Å². The highest BCUT2D eigenvalue weighted by Gasteiger charge is 2.47. The van der Waals surface area contributed by atoms with Crippen LogP contribution in [-0.2, 0) is 4.79 Å². The first kappa shape index (κ1) is 17.0. The molecule has 3 heterocycles. The van der Waals surface area contributed by atoms with E-state index in [1.54, 1.807) is 6.20 Å². The number of hydrogen-bond acceptors (Lipinski definition) is 6. The first-order valence-electron chi connectivity index (χ1n) is 9.42. The van der Waals surface area contributed by atoms with Crippen LogP contribution in [0.4, 0.5) is 10.2 Å². The van der Waals surface area contributed by atoms with Crippen LogP contribution in [0.25, 0.3) is 22.4 Å². The quantitative estimate of drug-likeness (QED) is 0.635. The molecule has 0 aromatic carbocycles. The van der Waals surface area contributed by atoms with Crippen molar-refractivity contribution in [2.24, 2.45) is 17.8 Å². The summed E-state index contributed by atoms with van der Waals surface area (Å²) in [5.41, 5.74) is 1.13. The second-order valence-corrected chi connectivity index (χ2v) is 7.63. The first-order chi connectivity index (χ1) is 13.6. The smallest absolute Gasteiger partial charge is 0.308 e. The first-order valence-corrected chi connectivity index (χ1v) is 9.42. The zero-order valence-electron chi connectivity index (χ0n) is 15.0. The van der Waals surface area contributed by atoms with E-state index in [9.17, 15) is 14.3 Å². The summed E-state index contributed by atoms with van der Waals surface area (Å²) >= 11 is 0. The van der Waals surface area contributed by atoms with Gasteiger partial charge in [-0.15, -0.1) is 5.10 Å². The summed E-state index contributed by atoms with van der Waals surface area (Å²) in [6.45, 7) is 0. The van der Waals surface area contributed by atoms with Gasteiger partial charge in [-0.3, -0.25) is 4.79 Å². The Bertz CT molecular complexity index is 1050. The fourth-order valence-corrected chi connectivity index (χ4v) is 4.83. The standard InChI is InChI=1S/C19H19FN6O2/c20-11-5-12-13(7-22-17(12)21-6-11)18-25-14(8-23-26-18)24-16-10-3-1-9(2-4-10)15(16)19(27)28/h5-10,15-16H,1-4H2,(H,21,22)(H,27,28)(H,24,25,26)/t9?,10?,15-,16-/m1/s1. The molecule has 2 atom stereocenters. The Hall–Kier alpha value is -3.10. The lowest BCUT2D eigenvalue weighted by atomic mass is 9.61. The molecule has 0 saturated heterocycles. The van der Waals surface area contributed by atoms with Crippen molar-refractivity contribution in [1.82, 2.24) is 25.1 Å². The van der Waals surface area contributed by atoms with E-state index < -0.39 is 17.7 Å². The van der Waals surface area contributed by atoms with Gasteiger partial charge in [0.05, 0.1) is 18.3 Å². The molecule has 9 heteroatoms. The van der Waals surface area contributed by atoms with Crippen LogP contribution in [-0.4, -0.2) is 42.3 Å². The van der Waals surface area contributed by atoms with Crippen molar-refractivity contribution in [3.05, 3.63) is 30.5 Å². The Morgan fingerprint density at radius 1 is 1.21 bits per heavy atom. The molecule has 3 aromatic rings. The Kier molecular flexibility index (Phi) is 3.96. The molecule has 2 bridgehead atoms. The fourth-order valence-electron chi connectivity index (χ4n) is 4.83. The van der Waals surface area contributed by atoms with Crippen molar-refractivity contribution in [1.29, 1.82) is 0 Å². The van der Waals surface area contributed by atoms with Gasteiger partial charge >= 0.3 is 5.97 Å². The molecule has 3 aromatic heterocycles. The number of H-pyrrole nitrogens is 1. The molecule has 0 radical (unpaired) electrons. The zero-order valence-corrected chi connectivity index (χ0v) is 15.0. The van der Waals surface area contributed by atoms with E-state index in [1.165, 1.54) is 12.3 Å². The molecule has 3 fully saturated rings. The van der Waals surface area contributed by atoms with Crippen LogP contribution < -0.4 is 5.32 Å². The fraction of sp³-hybridized carbons (Fsp3) is 0.421. The lowest BCUT2D eigenvalue weighted by molar-refractivity contribution is -0.148. The summed E-state index contributed by atoms with van der Waals surface area (Å²) in [7, 11) is 0. The second-order valence-electron chi connectivity index (χ2n) is 7.63. The van der Waals surface area contributed by atoms with Gasteiger partial charge in [0.2, 0.25) is 0 Å². The largest absolute Gasteiger partial charge is 0.481 e. The third-order valence-electron chi connectivity index (χ3n) is 6.12. The van der Waals surface area contributed by atoms with Gasteiger partial charge < -0.3 is 15.4 Å². The number of carboxylic acids is 1. The number of halogens is 1. The maximum atomic E-state index is 13.6. The predicted molar refractivity (Wildman–Crippen MR) is 98.9 cm³/mol. The number of aliphatic carboxylic acids is 1. The number of aromatic amines is 1. The van der Waals surface area contributed by atoms with Crippen molar-refractivity contribution < 1.29 is 14.3 Å². The van der Waals surface area contributed by atoms with Crippen molar-refractivity contribution >= 4 is 22.8 Å². The number of nitrogens with zero attached hydrogens (tertiary/aromatic N) is 4. The van der Waals surface area contributed by atoms with Crippen LogP contribution in [0.5, 0.6) is 0 Å². The molecule has 0 spiro atoms. The average molecular weight is 382 g/mol. The Morgan fingerprint density at radius 2 is 2.00 bits per heavy atom. The Balaban J connectivity index is 1.47. The monoisotopic (exact) mass is 382 g/mol. The van der Waals surface area contributed by atoms with Crippen LogP contribution in [0.2, 0.25) is 0 Å². The molecule has 3 aliphatic carbocycles. The van der Waals surface area contributed by atoms with Gasteiger partial charge in [0, 0.05) is 23.2 Å². The van der Waals surface area contributed by atoms with Gasteiger partial charge in [0.25, 0.3) is 0 Å². The summed E-state index contributed by atoms with van der Waals surface area (Å²) in [5.74, 6) is -0.292. The Morgan fingerprint density at radius 3 is 2.79 bits per heavy atom. The van der Waals surface area contributed by atoms with E-state index in [-0.39, 0.29) is 12.0 Å². The lowest BCUT2D eigenvalue weighted by Gasteiger charge is -2.47. The summed E-state index contributed by atoms with van der Waals surface area (Å²) in [6, 6.07) is 1.20. The molecule has 144 valence electrons. The van der Waals surface area contributed by atoms with Gasteiger partial charge in [0.15, 0.2) is 5.82 Å². The second kappa shape index (κ2) is 6.50. The molecular formula is C19H19FN6O2. The van der Waals surface area contributed by atoms with E-state index >= 15 is 0 Å². The number of nitrogens with one attached hydrogen (secondary N) is 2. The topological polar surface area (TPSA) is 117 Å². The predicted octanol–water partition coefficient (Wildman–Crippen LogP) is 2.86. The van der Waals surface area contributed by atoms with Gasteiger partial charge in [-0.05, 0) is 43.6 Å². The zero-order chi connectivity index (χ0) is 19.3. The SMILES string of the molecule is O=C(O)[C@@H]1C2CCC(CC2)[C@H]1Nc1cnnc(-c2c[nH]c3ncc(F)cc23)n1. The van der Waals surface area contributed by atoms with Crippen LogP contribution >= 0.6 is 0 Å². The molecule has 0 unspecified atom stereocenters. The van der Waals surface area contributed by atoms with Crippen molar-refractivity contribution in [2.45, 2.75) is 31.7 Å². The van der Waals surface area contributed by atoms with Gasteiger partial charge in [-0.2, -0.15) is 5.10 Å². The van der Waals surface area contributed by atoms with Gasteiger partial charge in [0.1, 0.15) is 17.3 Å². The van der Waals surface area contributed by atoms with Crippen molar-refractivity contribution in [3.63, 3.8) is 0 Å². The molecule has 0 amide bonds. The van der Waals surface area contributed by atoms with E-state index in [0.717, 1.165) is 31.9 Å². The van der Waals surface area contributed by atoms with Crippen LogP contribution in [0.15, 0.2) is 24.7 Å². The van der Waals surface area contributed by atoms with E-state index in [1.807, 2.05) is 0 Å². The highest BCUT2D eigenvalue weighted by Crippen LogP contribution is 2.46. The summed E-state index contributed by atoms with van der Waals surface area (Å²) in [6.07, 6.45) is 8.32. The minimum atomic E-state index is -0.757. The maximum absolute atomic E-state index is 13.6. The van der Waals surface area contributed by atoms with E-state index in [0.29, 0.717) is 34.2 Å². The molecule has 3 aliphatic rings. The minimum Gasteiger partial charge on any atom is -0.481 e. The lowest BCUT2D eigenvalue weighted by Crippen LogP contribution is -2.51. The number of rotatable bonds is 4.